The maximum atomic E-state index is 6.49. The molecule has 0 radical (unpaired) electrons. The Bertz CT molecular complexity index is 4250. The van der Waals surface area contributed by atoms with Crippen molar-refractivity contribution >= 4 is 76.1 Å². The molecule has 0 bridgehead atoms. The van der Waals surface area contributed by atoms with Crippen LogP contribution in [0.15, 0.2) is 253 Å². The fraction of sp³-hybridized carbons (Fsp3) is 0. The molecule has 0 spiro atoms. The smallest absolute Gasteiger partial charge is 0.143 e. The lowest BCUT2D eigenvalue weighted by Gasteiger charge is -2.18. The van der Waals surface area contributed by atoms with Crippen LogP contribution in [0.1, 0.15) is 0 Å². The summed E-state index contributed by atoms with van der Waals surface area (Å²) in [7, 11) is 0. The molecule has 12 aromatic carbocycles. The van der Waals surface area contributed by atoms with Crippen molar-refractivity contribution in [2.45, 2.75) is 0 Å². The lowest BCUT2D eigenvalue weighted by atomic mass is 9.86. The summed E-state index contributed by atoms with van der Waals surface area (Å²) in [4.78, 5) is 0. The number of para-hydroxylation sites is 2. The van der Waals surface area contributed by atoms with Crippen LogP contribution in [0.2, 0.25) is 0 Å². The molecule has 2 heterocycles. The quantitative estimate of drug-likeness (QED) is 0.152. The van der Waals surface area contributed by atoms with Crippen LogP contribution in [0.4, 0.5) is 0 Å². The van der Waals surface area contributed by atoms with Crippen LogP contribution in [0.25, 0.3) is 137 Å². The van der Waals surface area contributed by atoms with Crippen molar-refractivity contribution in [3.63, 3.8) is 0 Å². The Kier molecular flexibility index (Phi) is 8.62. The number of aromatic nitrogens is 1. The predicted octanol–water partition coefficient (Wildman–Crippen LogP) is 18.5. The summed E-state index contributed by atoms with van der Waals surface area (Å²) < 4.78 is 8.93. The number of fused-ring (bicyclic) bond motifs is 9. The minimum absolute atomic E-state index is 0.908. The fourth-order valence-electron chi connectivity index (χ4n) is 11.0. The minimum Gasteiger partial charge on any atom is -0.455 e. The first kappa shape index (κ1) is 38.3. The van der Waals surface area contributed by atoms with Gasteiger partial charge in [-0.15, -0.1) is 0 Å². The highest BCUT2D eigenvalue weighted by Gasteiger charge is 2.19. The van der Waals surface area contributed by atoms with E-state index >= 15 is 0 Å². The third-order valence-electron chi connectivity index (χ3n) is 14.2. The molecule has 2 aromatic heterocycles. The number of nitrogens with zero attached hydrogens (tertiary/aromatic N) is 1. The second kappa shape index (κ2) is 15.3. The largest absolute Gasteiger partial charge is 0.455 e. The second-order valence-corrected chi connectivity index (χ2v) is 18.0. The highest BCUT2D eigenvalue weighted by Crippen LogP contribution is 2.45. The van der Waals surface area contributed by atoms with Gasteiger partial charge in [0.25, 0.3) is 0 Å². The molecule has 316 valence electrons. The van der Waals surface area contributed by atoms with Gasteiger partial charge in [0.2, 0.25) is 0 Å². The van der Waals surface area contributed by atoms with E-state index in [9.17, 15) is 0 Å². The molecule has 0 atom stereocenters. The van der Waals surface area contributed by atoms with E-state index in [0.717, 1.165) is 44.3 Å². The molecule has 0 N–H and O–H groups in total. The number of furan rings is 1. The van der Waals surface area contributed by atoms with Gasteiger partial charge in [-0.3, -0.25) is 0 Å². The molecule has 0 fully saturated rings. The minimum atomic E-state index is 0.908. The van der Waals surface area contributed by atoms with Crippen LogP contribution in [0, 0.1) is 0 Å². The molecule has 0 unspecified atom stereocenters. The van der Waals surface area contributed by atoms with Crippen molar-refractivity contribution in [1.82, 2.24) is 4.57 Å². The van der Waals surface area contributed by atoms with Crippen LogP contribution in [-0.2, 0) is 0 Å². The Labute approximate surface area is 393 Å². The fourth-order valence-corrected chi connectivity index (χ4v) is 11.0. The Morgan fingerprint density at radius 1 is 0.265 bits per heavy atom. The zero-order valence-corrected chi connectivity index (χ0v) is 37.0. The van der Waals surface area contributed by atoms with Gasteiger partial charge in [-0.2, -0.15) is 0 Å². The SMILES string of the molecule is c1ccc(-c2c3ccccc3c(-c3ccc(-n4c5ccc(-c6cccc(-c7cccc8c7oc7ccccc78)c6)cc5c5cc(-c6ccc7ccccc7c6)ccc54)cc3)c3ccccc23)cc1. The summed E-state index contributed by atoms with van der Waals surface area (Å²) in [6, 6.07) is 90.8. The predicted molar refractivity (Wildman–Crippen MR) is 288 cm³/mol. The van der Waals surface area contributed by atoms with Gasteiger partial charge in [0.05, 0.1) is 11.0 Å². The maximum Gasteiger partial charge on any atom is 0.143 e. The Morgan fingerprint density at radius 2 is 0.735 bits per heavy atom. The van der Waals surface area contributed by atoms with Crippen molar-refractivity contribution in [3.05, 3.63) is 249 Å². The van der Waals surface area contributed by atoms with Crippen LogP contribution < -0.4 is 0 Å². The standard InChI is InChI=1S/C66H41NO/c1-2-15-43(16-3-1)64-54-21-6-8-23-56(54)65(57-24-9-7-22-55(57)64)44-30-34-51(35-31-44)67-61-36-32-48(40-59(61)60-41-49(33-37-62(60)67)47-29-28-42-14-4-5-17-45(42)38-47)46-18-12-19-50(39-46)52-25-13-26-58-53-20-10-11-27-63(53)68-66(52)58/h1-41H. The van der Waals surface area contributed by atoms with Gasteiger partial charge in [-0.1, -0.05) is 194 Å². The van der Waals surface area contributed by atoms with E-state index in [2.05, 4.69) is 247 Å². The van der Waals surface area contributed by atoms with Crippen molar-refractivity contribution in [2.24, 2.45) is 0 Å². The van der Waals surface area contributed by atoms with E-state index < -0.39 is 0 Å². The molecular weight excluding hydrogens is 823 g/mol. The average molecular weight is 864 g/mol. The zero-order valence-electron chi connectivity index (χ0n) is 37.0. The van der Waals surface area contributed by atoms with Crippen molar-refractivity contribution in [1.29, 1.82) is 0 Å². The first-order valence-corrected chi connectivity index (χ1v) is 23.4. The summed E-state index contributed by atoms with van der Waals surface area (Å²) in [6.07, 6.45) is 0. The zero-order chi connectivity index (χ0) is 44.7. The summed E-state index contributed by atoms with van der Waals surface area (Å²) >= 11 is 0. The van der Waals surface area contributed by atoms with E-state index in [1.165, 1.54) is 93.1 Å². The molecule has 14 rings (SSSR count). The molecule has 2 heteroatoms. The van der Waals surface area contributed by atoms with Gasteiger partial charge >= 0.3 is 0 Å². The molecule has 14 aromatic rings. The summed E-state index contributed by atoms with van der Waals surface area (Å²) in [5.74, 6) is 0. The van der Waals surface area contributed by atoms with Gasteiger partial charge < -0.3 is 8.98 Å². The van der Waals surface area contributed by atoms with E-state index in [4.69, 9.17) is 4.42 Å². The Hall–Kier alpha value is -8.98. The van der Waals surface area contributed by atoms with Crippen molar-refractivity contribution in [3.8, 4) is 61.3 Å². The third-order valence-corrected chi connectivity index (χ3v) is 14.2. The first-order chi connectivity index (χ1) is 33.7. The van der Waals surface area contributed by atoms with Gasteiger partial charge in [0.1, 0.15) is 11.2 Å². The topological polar surface area (TPSA) is 18.1 Å². The third kappa shape index (κ3) is 6.05. The second-order valence-electron chi connectivity index (χ2n) is 18.0. The Balaban J connectivity index is 0.933. The molecule has 0 aliphatic heterocycles. The molecule has 0 amide bonds. The lowest BCUT2D eigenvalue weighted by Crippen LogP contribution is -1.95. The molecule has 68 heavy (non-hydrogen) atoms. The summed E-state index contributed by atoms with van der Waals surface area (Å²) in [5.41, 5.74) is 17.2. The molecular formula is C66H41NO. The monoisotopic (exact) mass is 863 g/mol. The number of hydrogen-bond donors (Lipinski definition) is 0. The normalized spacial score (nSPS) is 11.8. The van der Waals surface area contributed by atoms with E-state index in [1.807, 2.05) is 6.07 Å². The molecule has 0 saturated carbocycles. The highest BCUT2D eigenvalue weighted by atomic mass is 16.3. The maximum absolute atomic E-state index is 6.49. The van der Waals surface area contributed by atoms with E-state index in [1.54, 1.807) is 0 Å². The van der Waals surface area contributed by atoms with Crippen LogP contribution in [-0.4, -0.2) is 4.57 Å². The molecule has 0 aliphatic carbocycles. The van der Waals surface area contributed by atoms with Gasteiger partial charge in [-0.05, 0) is 137 Å². The van der Waals surface area contributed by atoms with Crippen LogP contribution >= 0.6 is 0 Å². The van der Waals surface area contributed by atoms with Crippen molar-refractivity contribution < 1.29 is 4.42 Å². The first-order valence-electron chi connectivity index (χ1n) is 23.4. The molecule has 0 aliphatic rings. The molecule has 2 nitrogen and oxygen atoms in total. The number of benzene rings is 12. The van der Waals surface area contributed by atoms with Crippen LogP contribution in [0.5, 0.6) is 0 Å². The number of hydrogen-bond acceptors (Lipinski definition) is 1. The highest BCUT2D eigenvalue weighted by molar-refractivity contribution is 6.21. The average Bonchev–Trinajstić information content (AvgIpc) is 3.96. The van der Waals surface area contributed by atoms with E-state index in [-0.39, 0.29) is 0 Å². The number of rotatable bonds is 6. The van der Waals surface area contributed by atoms with Gasteiger partial charge in [0.15, 0.2) is 0 Å². The van der Waals surface area contributed by atoms with Gasteiger partial charge in [0, 0.05) is 32.8 Å². The molecule has 0 saturated heterocycles. The summed E-state index contributed by atoms with van der Waals surface area (Å²) in [6.45, 7) is 0. The van der Waals surface area contributed by atoms with Gasteiger partial charge in [-0.25, -0.2) is 0 Å². The summed E-state index contributed by atoms with van der Waals surface area (Å²) in [5, 5.41) is 12.2. The van der Waals surface area contributed by atoms with Crippen molar-refractivity contribution in [2.75, 3.05) is 0 Å². The lowest BCUT2D eigenvalue weighted by molar-refractivity contribution is 0.670. The van der Waals surface area contributed by atoms with E-state index in [0.29, 0.717) is 0 Å². The van der Waals surface area contributed by atoms with Crippen LogP contribution in [0.3, 0.4) is 0 Å². The Morgan fingerprint density at radius 3 is 1.41 bits per heavy atom.